The van der Waals surface area contributed by atoms with E-state index in [1.807, 2.05) is 38.1 Å². The largest absolute Gasteiger partial charge is 0.497 e. The molecular weight excluding hydrogens is 176 g/mol. The van der Waals surface area contributed by atoms with Crippen molar-refractivity contribution in [3.05, 3.63) is 24.3 Å². The van der Waals surface area contributed by atoms with Crippen molar-refractivity contribution in [3.63, 3.8) is 0 Å². The fourth-order valence-electron chi connectivity index (χ4n) is 0.859. The number of hydrogen-bond acceptors (Lipinski definition) is 3. The Kier molecular flexibility index (Phi) is 3.89. The number of methoxy groups -OCH3 is 1. The monoisotopic (exact) mass is 190 g/mol. The van der Waals surface area contributed by atoms with Crippen LogP contribution in [-0.4, -0.2) is 19.2 Å². The molecule has 0 aliphatic heterocycles. The number of ether oxygens (including phenoxy) is 1. The van der Waals surface area contributed by atoms with E-state index < -0.39 is 0 Å². The summed E-state index contributed by atoms with van der Waals surface area (Å²) in [6.07, 6.45) is 0. The quantitative estimate of drug-likeness (QED) is 0.675. The third-order valence-electron chi connectivity index (χ3n) is 1.57. The third-order valence-corrected chi connectivity index (χ3v) is 1.57. The Balaban J connectivity index is 2.73. The van der Waals surface area contributed by atoms with Crippen LogP contribution in [0.2, 0.25) is 0 Å². The van der Waals surface area contributed by atoms with Gasteiger partial charge in [0.1, 0.15) is 5.75 Å². The van der Waals surface area contributed by atoms with Crippen LogP contribution in [0.15, 0.2) is 34.3 Å². The van der Waals surface area contributed by atoms with Gasteiger partial charge in [0.2, 0.25) is 0 Å². The van der Waals surface area contributed by atoms with Gasteiger partial charge in [-0.2, -0.15) is 4.99 Å². The van der Waals surface area contributed by atoms with E-state index in [0.29, 0.717) is 0 Å². The Labute approximate surface area is 84.2 Å². The predicted molar refractivity (Wildman–Crippen MR) is 57.7 cm³/mol. The van der Waals surface area contributed by atoms with Crippen LogP contribution in [0, 0.1) is 0 Å². The summed E-state index contributed by atoms with van der Waals surface area (Å²) in [4.78, 5) is 8.06. The van der Waals surface area contributed by atoms with Crippen molar-refractivity contribution in [1.29, 1.82) is 0 Å². The molecule has 1 rings (SSSR count). The molecule has 0 bridgehead atoms. The smallest absolute Gasteiger partial charge is 0.119 e. The number of aliphatic imine (C=N–C) groups is 2. The summed E-state index contributed by atoms with van der Waals surface area (Å²) in [6.45, 7) is 3.97. The van der Waals surface area contributed by atoms with Gasteiger partial charge in [-0.1, -0.05) is 0 Å². The van der Waals surface area contributed by atoms with Crippen LogP contribution < -0.4 is 4.74 Å². The molecule has 0 aliphatic carbocycles. The first-order chi connectivity index (χ1) is 6.72. The molecule has 0 aliphatic rings. The second kappa shape index (κ2) is 5.20. The van der Waals surface area contributed by atoms with Crippen LogP contribution in [0.4, 0.5) is 5.69 Å². The zero-order valence-electron chi connectivity index (χ0n) is 8.69. The molecule has 74 valence electrons. The Bertz CT molecular complexity index is 335. The molecule has 14 heavy (non-hydrogen) atoms. The van der Waals surface area contributed by atoms with Gasteiger partial charge in [-0.05, 0) is 38.1 Å². The minimum Gasteiger partial charge on any atom is -0.497 e. The Morgan fingerprint density at radius 1 is 1.21 bits per heavy atom. The molecule has 0 fully saturated rings. The van der Waals surface area contributed by atoms with E-state index in [2.05, 4.69) is 16.0 Å². The summed E-state index contributed by atoms with van der Waals surface area (Å²) in [5.41, 5.74) is 0.829. The maximum Gasteiger partial charge on any atom is 0.119 e. The Morgan fingerprint density at radius 3 is 2.36 bits per heavy atom. The molecular formula is C11H14N2O. The maximum absolute atomic E-state index is 5.03. The molecule has 0 amide bonds. The molecule has 3 nitrogen and oxygen atoms in total. The normalized spacial score (nSPS) is 9.43. The van der Waals surface area contributed by atoms with Crippen molar-refractivity contribution in [2.45, 2.75) is 19.9 Å². The van der Waals surface area contributed by atoms with E-state index in [1.54, 1.807) is 7.11 Å². The first-order valence-corrected chi connectivity index (χ1v) is 4.52. The van der Waals surface area contributed by atoms with Gasteiger partial charge in [-0.25, -0.2) is 4.99 Å². The fourth-order valence-corrected chi connectivity index (χ4v) is 0.859. The van der Waals surface area contributed by atoms with E-state index >= 15 is 0 Å². The molecule has 3 heteroatoms. The van der Waals surface area contributed by atoms with Crippen molar-refractivity contribution < 1.29 is 4.74 Å². The molecule has 0 saturated carbocycles. The predicted octanol–water partition coefficient (Wildman–Crippen LogP) is 2.91. The number of benzene rings is 1. The lowest BCUT2D eigenvalue weighted by Gasteiger charge is -1.97. The summed E-state index contributed by atoms with van der Waals surface area (Å²) < 4.78 is 5.03. The first-order valence-electron chi connectivity index (χ1n) is 4.52. The van der Waals surface area contributed by atoms with Crippen molar-refractivity contribution in [3.8, 4) is 5.75 Å². The molecule has 0 unspecified atom stereocenters. The highest BCUT2D eigenvalue weighted by atomic mass is 16.5. The summed E-state index contributed by atoms with van der Waals surface area (Å²) >= 11 is 0. The standard InChI is InChI=1S/C11H14N2O/c1-9(2)12-8-13-10-4-6-11(14-3)7-5-10/h4-7,9H,1-3H3. The highest BCUT2D eigenvalue weighted by molar-refractivity contribution is 5.53. The summed E-state index contributed by atoms with van der Waals surface area (Å²) in [7, 11) is 1.64. The zero-order valence-corrected chi connectivity index (χ0v) is 8.69. The second-order valence-electron chi connectivity index (χ2n) is 3.13. The van der Waals surface area contributed by atoms with E-state index in [9.17, 15) is 0 Å². The average Bonchev–Trinajstić information content (AvgIpc) is 2.18. The van der Waals surface area contributed by atoms with E-state index in [0.717, 1.165) is 11.4 Å². The lowest BCUT2D eigenvalue weighted by molar-refractivity contribution is 0.415. The van der Waals surface area contributed by atoms with Gasteiger partial charge >= 0.3 is 0 Å². The summed E-state index contributed by atoms with van der Waals surface area (Å²) in [5, 5.41) is 0. The Hall–Kier alpha value is -1.60. The van der Waals surface area contributed by atoms with Crippen LogP contribution in [0.3, 0.4) is 0 Å². The molecule has 1 aromatic rings. The van der Waals surface area contributed by atoms with Crippen LogP contribution in [0.25, 0.3) is 0 Å². The van der Waals surface area contributed by atoms with Crippen LogP contribution in [0.5, 0.6) is 5.75 Å². The topological polar surface area (TPSA) is 34.0 Å². The first kappa shape index (κ1) is 10.5. The highest BCUT2D eigenvalue weighted by Gasteiger charge is 1.90. The van der Waals surface area contributed by atoms with E-state index in [1.165, 1.54) is 0 Å². The molecule has 1 aromatic carbocycles. The van der Waals surface area contributed by atoms with Crippen molar-refractivity contribution in [2.24, 2.45) is 9.98 Å². The van der Waals surface area contributed by atoms with Gasteiger partial charge in [0, 0.05) is 0 Å². The van der Waals surface area contributed by atoms with Gasteiger partial charge < -0.3 is 4.74 Å². The van der Waals surface area contributed by atoms with Crippen LogP contribution >= 0.6 is 0 Å². The lowest BCUT2D eigenvalue weighted by Crippen LogP contribution is -1.84. The van der Waals surface area contributed by atoms with Gasteiger partial charge in [0.15, 0.2) is 0 Å². The molecule has 0 saturated heterocycles. The lowest BCUT2D eigenvalue weighted by atomic mass is 10.3. The van der Waals surface area contributed by atoms with Gasteiger partial charge in [-0.3, -0.25) is 0 Å². The van der Waals surface area contributed by atoms with Crippen LogP contribution in [0.1, 0.15) is 13.8 Å². The molecule has 0 radical (unpaired) electrons. The fraction of sp³-hybridized carbons (Fsp3) is 0.364. The molecule has 0 heterocycles. The third kappa shape index (κ3) is 3.42. The number of hydrogen-bond donors (Lipinski definition) is 0. The minimum atomic E-state index is 0.233. The van der Waals surface area contributed by atoms with Gasteiger partial charge in [-0.15, -0.1) is 0 Å². The van der Waals surface area contributed by atoms with Crippen LogP contribution in [-0.2, 0) is 0 Å². The zero-order chi connectivity index (χ0) is 10.4. The number of rotatable bonds is 3. The van der Waals surface area contributed by atoms with Crippen molar-refractivity contribution in [2.75, 3.05) is 7.11 Å². The van der Waals surface area contributed by atoms with E-state index in [-0.39, 0.29) is 6.04 Å². The van der Waals surface area contributed by atoms with Crippen molar-refractivity contribution in [1.82, 2.24) is 0 Å². The average molecular weight is 190 g/mol. The molecule has 0 atom stereocenters. The molecule has 0 spiro atoms. The van der Waals surface area contributed by atoms with E-state index in [4.69, 9.17) is 4.74 Å². The van der Waals surface area contributed by atoms with Gasteiger partial charge in [0.05, 0.1) is 24.8 Å². The number of nitrogens with zero attached hydrogens (tertiary/aromatic N) is 2. The summed E-state index contributed by atoms with van der Waals surface area (Å²) in [6, 6.07) is 10.3. The summed E-state index contributed by atoms with van der Waals surface area (Å²) in [5.74, 6) is 0.824. The second-order valence-corrected chi connectivity index (χ2v) is 3.13. The van der Waals surface area contributed by atoms with Gasteiger partial charge in [0.25, 0.3) is 0 Å². The SMILES string of the molecule is COc1ccc(N=C=NC(C)C)cc1. The minimum absolute atomic E-state index is 0.233. The molecule has 0 aromatic heterocycles. The molecule has 0 N–H and O–H groups in total. The van der Waals surface area contributed by atoms with Crippen molar-refractivity contribution >= 4 is 11.7 Å². The Morgan fingerprint density at radius 2 is 1.86 bits per heavy atom. The highest BCUT2D eigenvalue weighted by Crippen LogP contribution is 2.16. The maximum atomic E-state index is 5.03.